The molecule has 2 aromatic carbocycles. The summed E-state index contributed by atoms with van der Waals surface area (Å²) in [5.41, 5.74) is 1.85. The second-order valence-electron chi connectivity index (χ2n) is 6.58. The number of carbonyl (C=O) groups excluding carboxylic acids is 1. The number of rotatable bonds is 6. The van der Waals surface area contributed by atoms with Gasteiger partial charge in [-0.25, -0.2) is 4.98 Å². The van der Waals surface area contributed by atoms with Gasteiger partial charge in [0, 0.05) is 4.47 Å². The summed E-state index contributed by atoms with van der Waals surface area (Å²) in [6.45, 7) is 5.85. The lowest BCUT2D eigenvalue weighted by molar-refractivity contribution is -0.128. The van der Waals surface area contributed by atoms with Gasteiger partial charge in [-0.2, -0.15) is 0 Å². The van der Waals surface area contributed by atoms with Gasteiger partial charge in [-0.15, -0.1) is 0 Å². The molecule has 0 aliphatic heterocycles. The molecule has 5 nitrogen and oxygen atoms in total. The largest absolute Gasteiger partial charge is 0.481 e. The van der Waals surface area contributed by atoms with Crippen LogP contribution in [0.2, 0.25) is 0 Å². The highest BCUT2D eigenvalue weighted by Crippen LogP contribution is 2.23. The molecule has 136 valence electrons. The number of benzene rings is 2. The van der Waals surface area contributed by atoms with Gasteiger partial charge in [-0.05, 0) is 49.2 Å². The van der Waals surface area contributed by atoms with Crippen LogP contribution in [-0.4, -0.2) is 22.0 Å². The van der Waals surface area contributed by atoms with E-state index in [2.05, 4.69) is 45.1 Å². The molecule has 0 aliphatic rings. The van der Waals surface area contributed by atoms with Crippen LogP contribution in [0, 0.1) is 5.92 Å². The van der Waals surface area contributed by atoms with Crippen molar-refractivity contribution in [3.8, 4) is 5.75 Å². The number of H-pyrrole nitrogens is 1. The molecule has 0 fully saturated rings. The standard InChI is InChI=1S/C20H22BrN3O2/c1-12(2)18(19-22-16-6-4-5-7-17(16)23-19)24-20(25)13(3)26-15-10-8-14(21)9-11-15/h4-13,18H,1-3H3,(H,22,23)(H,24,25). The molecule has 3 rings (SSSR count). The third-order valence-electron chi connectivity index (χ3n) is 4.16. The number of nitrogens with zero attached hydrogens (tertiary/aromatic N) is 1. The first-order valence-corrected chi connectivity index (χ1v) is 9.40. The molecule has 26 heavy (non-hydrogen) atoms. The van der Waals surface area contributed by atoms with Crippen LogP contribution in [-0.2, 0) is 4.79 Å². The Kier molecular flexibility index (Phi) is 5.61. The molecular formula is C20H22BrN3O2. The van der Waals surface area contributed by atoms with Gasteiger partial charge in [0.2, 0.25) is 0 Å². The first-order chi connectivity index (χ1) is 12.4. The maximum atomic E-state index is 12.6. The van der Waals surface area contributed by atoms with Gasteiger partial charge in [0.15, 0.2) is 6.10 Å². The van der Waals surface area contributed by atoms with Crippen molar-refractivity contribution in [3.05, 3.63) is 58.8 Å². The van der Waals surface area contributed by atoms with Crippen molar-refractivity contribution in [2.24, 2.45) is 5.92 Å². The zero-order valence-corrected chi connectivity index (χ0v) is 16.6. The summed E-state index contributed by atoms with van der Waals surface area (Å²) in [6.07, 6.45) is -0.609. The van der Waals surface area contributed by atoms with E-state index < -0.39 is 6.10 Å². The SMILES string of the molecule is CC(Oc1ccc(Br)cc1)C(=O)NC(c1nc2ccccc2[nH]1)C(C)C. The van der Waals surface area contributed by atoms with E-state index in [4.69, 9.17) is 4.74 Å². The number of halogens is 1. The number of aromatic nitrogens is 2. The third kappa shape index (κ3) is 4.25. The average Bonchev–Trinajstić information content (AvgIpc) is 3.04. The molecule has 3 aromatic rings. The Hall–Kier alpha value is -2.34. The molecule has 0 spiro atoms. The Morgan fingerprint density at radius 3 is 2.46 bits per heavy atom. The molecule has 1 heterocycles. The van der Waals surface area contributed by atoms with E-state index in [1.54, 1.807) is 6.92 Å². The predicted octanol–water partition coefficient (Wildman–Crippen LogP) is 4.61. The Morgan fingerprint density at radius 2 is 1.81 bits per heavy atom. The van der Waals surface area contributed by atoms with Gasteiger partial charge in [0.05, 0.1) is 17.1 Å². The molecule has 2 atom stereocenters. The number of ether oxygens (including phenoxy) is 1. The summed E-state index contributed by atoms with van der Waals surface area (Å²) in [4.78, 5) is 20.6. The number of fused-ring (bicyclic) bond motifs is 1. The van der Waals surface area contributed by atoms with Gasteiger partial charge in [-0.1, -0.05) is 41.9 Å². The molecule has 2 N–H and O–H groups in total. The van der Waals surface area contributed by atoms with Crippen molar-refractivity contribution < 1.29 is 9.53 Å². The lowest BCUT2D eigenvalue weighted by atomic mass is 10.0. The van der Waals surface area contributed by atoms with E-state index in [0.29, 0.717) is 5.75 Å². The van der Waals surface area contributed by atoms with Crippen molar-refractivity contribution in [3.63, 3.8) is 0 Å². The first-order valence-electron chi connectivity index (χ1n) is 8.61. The number of nitrogens with one attached hydrogen (secondary N) is 2. The van der Waals surface area contributed by atoms with Crippen molar-refractivity contribution in [2.75, 3.05) is 0 Å². The van der Waals surface area contributed by atoms with E-state index >= 15 is 0 Å². The zero-order chi connectivity index (χ0) is 18.7. The predicted molar refractivity (Wildman–Crippen MR) is 106 cm³/mol. The van der Waals surface area contributed by atoms with Crippen LogP contribution in [0.1, 0.15) is 32.6 Å². The van der Waals surface area contributed by atoms with Crippen molar-refractivity contribution >= 4 is 32.9 Å². The molecule has 1 amide bonds. The fourth-order valence-electron chi connectivity index (χ4n) is 2.71. The maximum Gasteiger partial charge on any atom is 0.261 e. The van der Waals surface area contributed by atoms with Gasteiger partial charge in [0.25, 0.3) is 5.91 Å². The van der Waals surface area contributed by atoms with E-state index in [-0.39, 0.29) is 17.9 Å². The second kappa shape index (κ2) is 7.91. The summed E-state index contributed by atoms with van der Waals surface area (Å²) in [7, 11) is 0. The number of carbonyl (C=O) groups is 1. The number of imidazole rings is 1. The van der Waals surface area contributed by atoms with Gasteiger partial charge in [-0.3, -0.25) is 4.79 Å². The molecule has 6 heteroatoms. The Morgan fingerprint density at radius 1 is 1.12 bits per heavy atom. The average molecular weight is 416 g/mol. The van der Waals surface area contributed by atoms with Gasteiger partial charge in [0.1, 0.15) is 11.6 Å². The monoisotopic (exact) mass is 415 g/mol. The minimum atomic E-state index is -0.609. The topological polar surface area (TPSA) is 67.0 Å². The van der Waals surface area contributed by atoms with E-state index in [0.717, 1.165) is 21.3 Å². The number of para-hydroxylation sites is 2. The quantitative estimate of drug-likeness (QED) is 0.617. The maximum absolute atomic E-state index is 12.6. The highest BCUT2D eigenvalue weighted by Gasteiger charge is 2.25. The summed E-state index contributed by atoms with van der Waals surface area (Å²) < 4.78 is 6.71. The normalized spacial score (nSPS) is 13.6. The number of hydrogen-bond acceptors (Lipinski definition) is 3. The molecule has 0 bridgehead atoms. The molecular weight excluding hydrogens is 394 g/mol. The third-order valence-corrected chi connectivity index (χ3v) is 4.69. The Labute approximate surface area is 161 Å². The number of aromatic amines is 1. The molecule has 0 aliphatic carbocycles. The Bertz CT molecular complexity index is 856. The van der Waals surface area contributed by atoms with Crippen LogP contribution in [0.25, 0.3) is 11.0 Å². The van der Waals surface area contributed by atoms with Crippen LogP contribution in [0.15, 0.2) is 53.0 Å². The summed E-state index contributed by atoms with van der Waals surface area (Å²) in [6, 6.07) is 15.0. The van der Waals surface area contributed by atoms with Crippen molar-refractivity contribution in [1.82, 2.24) is 15.3 Å². The highest BCUT2D eigenvalue weighted by atomic mass is 79.9. The van der Waals surface area contributed by atoms with Crippen LogP contribution in [0.3, 0.4) is 0 Å². The summed E-state index contributed by atoms with van der Waals surface area (Å²) >= 11 is 3.38. The van der Waals surface area contributed by atoms with Crippen LogP contribution >= 0.6 is 15.9 Å². The van der Waals surface area contributed by atoms with E-state index in [1.807, 2.05) is 48.5 Å². The molecule has 1 aromatic heterocycles. The highest BCUT2D eigenvalue weighted by molar-refractivity contribution is 9.10. The van der Waals surface area contributed by atoms with Crippen LogP contribution < -0.4 is 10.1 Å². The molecule has 0 saturated heterocycles. The first kappa shape index (κ1) is 18.5. The minimum absolute atomic E-state index is 0.174. The molecule has 0 radical (unpaired) electrons. The smallest absolute Gasteiger partial charge is 0.261 e. The minimum Gasteiger partial charge on any atom is -0.481 e. The fourth-order valence-corrected chi connectivity index (χ4v) is 2.98. The summed E-state index contributed by atoms with van der Waals surface area (Å²) in [5, 5.41) is 3.06. The second-order valence-corrected chi connectivity index (χ2v) is 7.50. The molecule has 2 unspecified atom stereocenters. The van der Waals surface area contributed by atoms with Crippen molar-refractivity contribution in [1.29, 1.82) is 0 Å². The van der Waals surface area contributed by atoms with Crippen LogP contribution in [0.5, 0.6) is 5.75 Å². The number of amides is 1. The lowest BCUT2D eigenvalue weighted by Crippen LogP contribution is -2.40. The number of hydrogen-bond donors (Lipinski definition) is 2. The lowest BCUT2D eigenvalue weighted by Gasteiger charge is -2.23. The van der Waals surface area contributed by atoms with Gasteiger partial charge >= 0.3 is 0 Å². The fraction of sp³-hybridized carbons (Fsp3) is 0.300. The Balaban J connectivity index is 1.72. The zero-order valence-electron chi connectivity index (χ0n) is 15.0. The van der Waals surface area contributed by atoms with Crippen LogP contribution in [0.4, 0.5) is 0 Å². The van der Waals surface area contributed by atoms with Crippen molar-refractivity contribution in [2.45, 2.75) is 32.9 Å². The summed E-state index contributed by atoms with van der Waals surface area (Å²) in [5.74, 6) is 1.41. The van der Waals surface area contributed by atoms with Gasteiger partial charge < -0.3 is 15.0 Å². The van der Waals surface area contributed by atoms with E-state index in [1.165, 1.54) is 0 Å². The molecule has 0 saturated carbocycles. The van der Waals surface area contributed by atoms with E-state index in [9.17, 15) is 4.79 Å².